The third kappa shape index (κ3) is 4.54. The maximum Gasteiger partial charge on any atom is 0.260 e. The molecule has 34 heavy (non-hydrogen) atoms. The Bertz CT molecular complexity index is 1250. The highest BCUT2D eigenvalue weighted by molar-refractivity contribution is 14.1. The molecule has 2 amide bonds. The van der Waals surface area contributed by atoms with Crippen molar-refractivity contribution in [3.05, 3.63) is 30.5 Å². The van der Waals surface area contributed by atoms with Crippen molar-refractivity contribution in [2.24, 2.45) is 0 Å². The number of carbonyl (C=O) groups is 2. The molecular formula is C22H25IN4O6S. The van der Waals surface area contributed by atoms with Crippen LogP contribution in [0, 0.1) is 0 Å². The van der Waals surface area contributed by atoms with E-state index < -0.39 is 32.8 Å². The lowest BCUT2D eigenvalue weighted by Crippen LogP contribution is -2.55. The van der Waals surface area contributed by atoms with Crippen molar-refractivity contribution in [2.45, 2.75) is 52.5 Å². The first-order valence-electron chi connectivity index (χ1n) is 11.1. The van der Waals surface area contributed by atoms with Gasteiger partial charge in [0.2, 0.25) is 21.8 Å². The second kappa shape index (κ2) is 8.79. The van der Waals surface area contributed by atoms with E-state index in [-0.39, 0.29) is 15.9 Å². The second-order valence-electron chi connectivity index (χ2n) is 8.95. The number of amides is 2. The standard InChI is InChI=1S/C22H25IN4O6S/c1-32-13-2-5-16-12(8-13)6-7-24-20(16)33-14-9-17(25-11-14)19(28)26-22(10-18(22)23)21(29)27-34(30,31)15-3-4-15/h2,5-8,14-15,17-18,25H,3-4,9-11H2,1H3,(H,26,28)(H,27,29)/t14-,17+,18-,22-/m1/s1. The zero-order valence-electron chi connectivity index (χ0n) is 18.4. The maximum absolute atomic E-state index is 13.0. The van der Waals surface area contributed by atoms with Gasteiger partial charge < -0.3 is 20.1 Å². The van der Waals surface area contributed by atoms with E-state index in [0.717, 1.165) is 16.5 Å². The average Bonchev–Trinajstić information content (AvgIpc) is 3.72. The molecule has 2 saturated carbocycles. The number of nitrogens with one attached hydrogen (secondary N) is 3. The van der Waals surface area contributed by atoms with Crippen LogP contribution in [-0.2, 0) is 19.6 Å². The largest absolute Gasteiger partial charge is 0.497 e. The van der Waals surface area contributed by atoms with Gasteiger partial charge in [0.05, 0.1) is 18.4 Å². The molecule has 0 bridgehead atoms. The number of carbonyl (C=O) groups excluding carboxylic acids is 2. The molecule has 0 spiro atoms. The first-order valence-corrected chi connectivity index (χ1v) is 13.9. The van der Waals surface area contributed by atoms with Gasteiger partial charge >= 0.3 is 0 Å². The summed E-state index contributed by atoms with van der Waals surface area (Å²) in [5, 5.41) is 7.20. The van der Waals surface area contributed by atoms with Gasteiger partial charge in [-0.3, -0.25) is 14.3 Å². The Balaban J connectivity index is 1.22. The first-order chi connectivity index (χ1) is 16.2. The van der Waals surface area contributed by atoms with Crippen molar-refractivity contribution < 1.29 is 27.5 Å². The predicted molar refractivity (Wildman–Crippen MR) is 133 cm³/mol. The number of alkyl halides is 1. The summed E-state index contributed by atoms with van der Waals surface area (Å²) in [7, 11) is -2.07. The van der Waals surface area contributed by atoms with E-state index in [4.69, 9.17) is 9.47 Å². The molecule has 1 aromatic heterocycles. The average molecular weight is 600 g/mol. The molecule has 1 saturated heterocycles. The van der Waals surface area contributed by atoms with Gasteiger partial charge in [-0.25, -0.2) is 13.4 Å². The summed E-state index contributed by atoms with van der Waals surface area (Å²) in [6, 6.07) is 6.93. The van der Waals surface area contributed by atoms with Gasteiger partial charge in [0, 0.05) is 28.5 Å². The Kier molecular flexibility index (Phi) is 6.09. The number of hydrogen-bond acceptors (Lipinski definition) is 8. The minimum Gasteiger partial charge on any atom is -0.497 e. The lowest BCUT2D eigenvalue weighted by molar-refractivity contribution is -0.129. The number of hydrogen-bond donors (Lipinski definition) is 3. The zero-order valence-corrected chi connectivity index (χ0v) is 21.4. The molecule has 0 unspecified atom stereocenters. The number of rotatable bonds is 8. The molecule has 10 nitrogen and oxygen atoms in total. The summed E-state index contributed by atoms with van der Waals surface area (Å²) in [5.41, 5.74) is -1.20. The highest BCUT2D eigenvalue weighted by Crippen LogP contribution is 2.44. The van der Waals surface area contributed by atoms with Gasteiger partial charge in [-0.15, -0.1) is 0 Å². The van der Waals surface area contributed by atoms with Crippen LogP contribution in [0.15, 0.2) is 30.5 Å². The van der Waals surface area contributed by atoms with Crippen molar-refractivity contribution in [2.75, 3.05) is 13.7 Å². The molecule has 182 valence electrons. The normalized spacial score (nSPS) is 28.4. The number of benzene rings is 1. The van der Waals surface area contributed by atoms with E-state index in [9.17, 15) is 18.0 Å². The molecule has 12 heteroatoms. The number of sulfonamides is 1. The molecule has 2 aromatic rings. The van der Waals surface area contributed by atoms with Crippen molar-refractivity contribution in [1.82, 2.24) is 20.3 Å². The van der Waals surface area contributed by atoms with Crippen LogP contribution in [0.3, 0.4) is 0 Å². The van der Waals surface area contributed by atoms with Gasteiger partial charge in [-0.2, -0.15) is 0 Å². The first kappa shape index (κ1) is 23.5. The molecule has 2 aliphatic carbocycles. The summed E-state index contributed by atoms with van der Waals surface area (Å²) in [6.07, 6.45) is 3.27. The van der Waals surface area contributed by atoms with Gasteiger partial charge in [0.15, 0.2) is 0 Å². The summed E-state index contributed by atoms with van der Waals surface area (Å²) >= 11 is 2.06. The van der Waals surface area contributed by atoms with E-state index in [1.807, 2.05) is 24.3 Å². The SMILES string of the molecule is COc1ccc2c(O[C@H]3CN[C@H](C(=O)N[C@]4(C(=O)NS(=O)(=O)C5CC5)C[C@H]4I)C3)nccc2c1. The Hall–Kier alpha value is -2.19. The van der Waals surface area contributed by atoms with Crippen LogP contribution in [0.4, 0.5) is 0 Å². The van der Waals surface area contributed by atoms with Crippen LogP contribution >= 0.6 is 22.6 Å². The van der Waals surface area contributed by atoms with Gasteiger partial charge in [-0.05, 0) is 48.9 Å². The van der Waals surface area contributed by atoms with E-state index in [1.54, 1.807) is 13.3 Å². The molecule has 5 rings (SSSR count). The highest BCUT2D eigenvalue weighted by Gasteiger charge is 2.61. The summed E-state index contributed by atoms with van der Waals surface area (Å²) in [4.78, 5) is 30.0. The predicted octanol–water partition coefficient (Wildman–Crippen LogP) is 1.02. The molecule has 4 atom stereocenters. The van der Waals surface area contributed by atoms with Crippen LogP contribution in [-0.4, -0.2) is 65.7 Å². The van der Waals surface area contributed by atoms with Crippen molar-refractivity contribution >= 4 is 55.2 Å². The third-order valence-electron chi connectivity index (χ3n) is 6.45. The maximum atomic E-state index is 13.0. The van der Waals surface area contributed by atoms with Gasteiger partial charge in [0.1, 0.15) is 17.4 Å². The molecule has 3 fully saturated rings. The Morgan fingerprint density at radius 1 is 1.26 bits per heavy atom. The van der Waals surface area contributed by atoms with Gasteiger partial charge in [-0.1, -0.05) is 22.6 Å². The van der Waals surface area contributed by atoms with Crippen molar-refractivity contribution in [1.29, 1.82) is 0 Å². The summed E-state index contributed by atoms with van der Waals surface area (Å²) in [5.74, 6) is 0.206. The Morgan fingerprint density at radius 2 is 2.03 bits per heavy atom. The van der Waals surface area contributed by atoms with Crippen LogP contribution < -0.4 is 24.8 Å². The highest BCUT2D eigenvalue weighted by atomic mass is 127. The van der Waals surface area contributed by atoms with Gasteiger partial charge in [0.25, 0.3) is 5.91 Å². The Labute approximate surface area is 210 Å². The number of methoxy groups -OCH3 is 1. The number of halogens is 1. The minimum atomic E-state index is -3.68. The molecule has 1 aliphatic heterocycles. The molecule has 3 aliphatic rings. The van der Waals surface area contributed by atoms with Crippen molar-refractivity contribution in [3.8, 4) is 11.6 Å². The summed E-state index contributed by atoms with van der Waals surface area (Å²) < 4.78 is 37.7. The fourth-order valence-electron chi connectivity index (χ4n) is 4.13. The van der Waals surface area contributed by atoms with Crippen LogP contribution in [0.25, 0.3) is 10.8 Å². The zero-order chi connectivity index (χ0) is 24.1. The third-order valence-corrected chi connectivity index (χ3v) is 9.77. The Morgan fingerprint density at radius 3 is 2.71 bits per heavy atom. The molecule has 1 aromatic carbocycles. The topological polar surface area (TPSA) is 136 Å². The van der Waals surface area contributed by atoms with Crippen molar-refractivity contribution in [3.63, 3.8) is 0 Å². The molecular weight excluding hydrogens is 575 g/mol. The lowest BCUT2D eigenvalue weighted by Gasteiger charge is -2.20. The fraction of sp³-hybridized carbons (Fsp3) is 0.500. The fourth-order valence-corrected chi connectivity index (χ4v) is 6.63. The number of nitrogens with zero attached hydrogens (tertiary/aromatic N) is 1. The number of fused-ring (bicyclic) bond motifs is 1. The molecule has 3 N–H and O–H groups in total. The number of aromatic nitrogens is 1. The van der Waals surface area contributed by atoms with Crippen LogP contribution in [0.5, 0.6) is 11.6 Å². The number of ether oxygens (including phenoxy) is 2. The van der Waals surface area contributed by atoms with Crippen LogP contribution in [0.2, 0.25) is 0 Å². The number of pyridine rings is 1. The van der Waals surface area contributed by atoms with Crippen LogP contribution in [0.1, 0.15) is 25.7 Å². The van der Waals surface area contributed by atoms with E-state index in [2.05, 4.69) is 42.9 Å². The molecule has 2 heterocycles. The van der Waals surface area contributed by atoms with E-state index in [1.165, 1.54) is 0 Å². The second-order valence-corrected chi connectivity index (χ2v) is 12.4. The lowest BCUT2D eigenvalue weighted by atomic mass is 10.1. The molecule has 0 radical (unpaired) electrons. The van der Waals surface area contributed by atoms with E-state index in [0.29, 0.717) is 38.1 Å². The monoisotopic (exact) mass is 600 g/mol. The summed E-state index contributed by atoms with van der Waals surface area (Å²) in [6.45, 7) is 0.440. The minimum absolute atomic E-state index is 0.172. The van der Waals surface area contributed by atoms with E-state index >= 15 is 0 Å². The smallest absolute Gasteiger partial charge is 0.260 e. The quantitative estimate of drug-likeness (QED) is 0.302.